The average Bonchev–Trinajstić information content (AvgIpc) is 3.32. The highest BCUT2D eigenvalue weighted by molar-refractivity contribution is 9.10. The van der Waals surface area contributed by atoms with E-state index in [0.717, 1.165) is 89.5 Å². The molecule has 3 N–H and O–H groups in total. The molecule has 4 fully saturated rings. The Morgan fingerprint density at radius 3 is 2.26 bits per heavy atom. The SMILES string of the molecule is CCOc1cc(N2CCC(N3CCN(CC4CN(c5cc(F)c(C6CCC(=O)NC6=O)c(F)c5)C4)CC3)CC2)c(CC)cc1Nc1ncc(Br)c(Nc2ccc3c(=O)n(CC)ncc3c2P(C)(C)=O)n1. The third-order valence-electron chi connectivity index (χ3n) is 14.2. The van der Waals surface area contributed by atoms with Crippen molar-refractivity contribution in [3.8, 4) is 5.75 Å². The summed E-state index contributed by atoms with van der Waals surface area (Å²) in [5, 5.41) is 14.8. The zero-order chi connectivity index (χ0) is 49.4. The Balaban J connectivity index is 0.796. The fourth-order valence-corrected chi connectivity index (χ4v) is 12.3. The number of imide groups is 1. The molecule has 2 amide bonds. The minimum absolute atomic E-state index is 0.0611. The standard InChI is InChI=1S/C50H61BrF2N11O5P/c1-6-31-21-41(57-50-54-26-37(51)47(59-50)56-40-11-9-34-36(46(40)70(4,5)68)25-55-64(7-2)49(34)67)43(69-8-3)24-42(31)62-15-13-32(14-16-62)61-19-17-60(18-20-61)27-30-28-63(29-30)33-22-38(52)45(39(53)23-33)35-10-12-44(65)58-48(35)66/h9,11,21-26,30,32,35H,6-8,10,12-20,27-29H2,1-5H3,(H,58,65,66)(H2,54,56,57,59). The molecule has 0 bridgehead atoms. The molecule has 4 aliphatic rings. The largest absolute Gasteiger partial charge is 0.492 e. The quantitative estimate of drug-likeness (QED) is 0.0712. The van der Waals surface area contributed by atoms with Gasteiger partial charge in [0.05, 0.1) is 40.0 Å². The number of halogens is 3. The van der Waals surface area contributed by atoms with E-state index in [4.69, 9.17) is 9.72 Å². The lowest BCUT2D eigenvalue weighted by atomic mass is 9.89. The first kappa shape index (κ1) is 49.5. The number of amides is 2. The van der Waals surface area contributed by atoms with Crippen molar-refractivity contribution < 1.29 is 27.7 Å². The van der Waals surface area contributed by atoms with Crippen molar-refractivity contribution in [1.29, 1.82) is 0 Å². The Labute approximate surface area is 415 Å². The number of benzene rings is 3. The topological polar surface area (TPSA) is 170 Å². The maximum atomic E-state index is 15.2. The smallest absolute Gasteiger partial charge is 0.274 e. The molecule has 1 unspecified atom stereocenters. The molecule has 20 heteroatoms. The average molecular weight is 1040 g/mol. The molecule has 9 rings (SSSR count). The molecule has 16 nitrogen and oxygen atoms in total. The van der Waals surface area contributed by atoms with E-state index in [1.807, 2.05) is 18.7 Å². The van der Waals surface area contributed by atoms with Crippen molar-refractivity contribution in [2.24, 2.45) is 5.92 Å². The van der Waals surface area contributed by atoms with Crippen molar-refractivity contribution in [3.05, 3.63) is 86.4 Å². The van der Waals surface area contributed by atoms with Crippen LogP contribution < -0.4 is 41.4 Å². The Hall–Kier alpha value is -5.49. The second-order valence-electron chi connectivity index (χ2n) is 19.1. The van der Waals surface area contributed by atoms with E-state index < -0.39 is 36.5 Å². The van der Waals surface area contributed by atoms with Gasteiger partial charge >= 0.3 is 0 Å². The molecular formula is C50H61BrF2N11O5P. The molecular weight excluding hydrogens is 983 g/mol. The molecule has 1 atom stereocenters. The van der Waals surface area contributed by atoms with Crippen molar-refractivity contribution in [2.45, 2.75) is 71.4 Å². The first-order valence-electron chi connectivity index (χ1n) is 24.4. The first-order chi connectivity index (χ1) is 33.6. The predicted molar refractivity (Wildman–Crippen MR) is 274 cm³/mol. The second kappa shape index (κ2) is 20.7. The number of hydrogen-bond acceptors (Lipinski definition) is 14. The maximum absolute atomic E-state index is 15.2. The van der Waals surface area contributed by atoms with E-state index in [9.17, 15) is 18.9 Å². The van der Waals surface area contributed by atoms with Crippen molar-refractivity contribution in [3.63, 3.8) is 0 Å². The summed E-state index contributed by atoms with van der Waals surface area (Å²) < 4.78 is 52.4. The van der Waals surface area contributed by atoms with Gasteiger partial charge in [-0.1, -0.05) is 6.92 Å². The highest BCUT2D eigenvalue weighted by atomic mass is 79.9. The van der Waals surface area contributed by atoms with Gasteiger partial charge in [0.1, 0.15) is 30.3 Å². The number of carbonyl (C=O) groups excluding carboxylic acids is 2. The third-order valence-corrected chi connectivity index (χ3v) is 16.3. The Morgan fingerprint density at radius 2 is 1.60 bits per heavy atom. The Morgan fingerprint density at radius 1 is 0.871 bits per heavy atom. The van der Waals surface area contributed by atoms with Crippen molar-refractivity contribution in [2.75, 3.05) is 99.3 Å². The van der Waals surface area contributed by atoms with Crippen LogP contribution in [0.15, 0.2) is 58.1 Å². The molecule has 4 aliphatic heterocycles. The summed E-state index contributed by atoms with van der Waals surface area (Å²) in [6, 6.07) is 10.9. The van der Waals surface area contributed by atoms with E-state index in [2.05, 4.69) is 75.7 Å². The van der Waals surface area contributed by atoms with Crippen molar-refractivity contribution in [1.82, 2.24) is 34.9 Å². The van der Waals surface area contributed by atoms with Crippen LogP contribution in [-0.4, -0.2) is 126 Å². The fraction of sp³-hybridized carbons (Fsp3) is 0.480. The van der Waals surface area contributed by atoms with Crippen molar-refractivity contribution >= 4 is 85.5 Å². The minimum Gasteiger partial charge on any atom is -0.492 e. The van der Waals surface area contributed by atoms with Gasteiger partial charge in [0.2, 0.25) is 17.8 Å². The maximum Gasteiger partial charge on any atom is 0.274 e. The van der Waals surface area contributed by atoms with Crippen LogP contribution in [0.5, 0.6) is 5.75 Å². The van der Waals surface area contributed by atoms with Gasteiger partial charge in [-0.3, -0.25) is 24.6 Å². The monoisotopic (exact) mass is 1040 g/mol. The minimum atomic E-state index is -2.92. The third kappa shape index (κ3) is 10.3. The lowest BCUT2D eigenvalue weighted by Crippen LogP contribution is -2.57. The number of anilines is 6. The van der Waals surface area contributed by atoms with Gasteiger partial charge < -0.3 is 34.6 Å². The van der Waals surface area contributed by atoms with Crippen LogP contribution >= 0.6 is 23.1 Å². The van der Waals surface area contributed by atoms with Gasteiger partial charge in [-0.15, -0.1) is 0 Å². The molecule has 0 radical (unpaired) electrons. The fourth-order valence-electron chi connectivity index (χ4n) is 10.6. The van der Waals surface area contributed by atoms with Gasteiger partial charge in [-0.2, -0.15) is 10.1 Å². The Kier molecular flexibility index (Phi) is 14.6. The summed E-state index contributed by atoms with van der Waals surface area (Å²) >= 11 is 3.60. The second-order valence-corrected chi connectivity index (χ2v) is 23.1. The van der Waals surface area contributed by atoms with Crippen LogP contribution in [0.25, 0.3) is 10.8 Å². The number of aromatic nitrogens is 4. The number of nitrogens with zero attached hydrogens (tertiary/aromatic N) is 8. The van der Waals surface area contributed by atoms with Crippen LogP contribution in [0.1, 0.15) is 63.5 Å². The number of nitrogens with one attached hydrogen (secondary N) is 3. The molecule has 4 saturated heterocycles. The molecule has 372 valence electrons. The van der Waals surface area contributed by atoms with E-state index in [1.54, 1.807) is 37.9 Å². The molecule has 2 aromatic heterocycles. The number of piperidine rings is 2. The van der Waals surface area contributed by atoms with E-state index in [-0.39, 0.29) is 24.0 Å². The lowest BCUT2D eigenvalue weighted by Gasteiger charge is -2.47. The molecule has 0 aliphatic carbocycles. The molecule has 70 heavy (non-hydrogen) atoms. The van der Waals surface area contributed by atoms with E-state index >= 15 is 8.78 Å². The number of ether oxygens (including phenoxy) is 1. The highest BCUT2D eigenvalue weighted by Crippen LogP contribution is 2.42. The molecule has 0 saturated carbocycles. The Bertz CT molecular complexity index is 2890. The lowest BCUT2D eigenvalue weighted by molar-refractivity contribution is -0.134. The summed E-state index contributed by atoms with van der Waals surface area (Å²) in [7, 11) is -2.92. The van der Waals surface area contributed by atoms with Gasteiger partial charge in [-0.25, -0.2) is 18.4 Å². The van der Waals surface area contributed by atoms with Crippen LogP contribution in [0.4, 0.5) is 43.3 Å². The molecule has 3 aromatic carbocycles. The molecule has 6 heterocycles. The number of piperazine rings is 1. The molecule has 5 aromatic rings. The van der Waals surface area contributed by atoms with Gasteiger partial charge in [0.25, 0.3) is 5.56 Å². The van der Waals surface area contributed by atoms with Crippen LogP contribution in [0.2, 0.25) is 0 Å². The highest BCUT2D eigenvalue weighted by Gasteiger charge is 2.36. The zero-order valence-corrected chi connectivity index (χ0v) is 42.8. The number of fused-ring (bicyclic) bond motifs is 1. The summed E-state index contributed by atoms with van der Waals surface area (Å²) in [4.78, 5) is 56.0. The van der Waals surface area contributed by atoms with E-state index in [1.165, 1.54) is 22.4 Å². The summed E-state index contributed by atoms with van der Waals surface area (Å²) in [5.41, 5.74) is 3.65. The van der Waals surface area contributed by atoms with Crippen LogP contribution in [0, 0.1) is 17.6 Å². The number of aryl methyl sites for hydroxylation is 2. The number of carbonyl (C=O) groups is 2. The number of rotatable bonds is 15. The van der Waals surface area contributed by atoms with Crippen LogP contribution in [0.3, 0.4) is 0 Å². The summed E-state index contributed by atoms with van der Waals surface area (Å²) in [6.45, 7) is 18.4. The van der Waals surface area contributed by atoms with Crippen LogP contribution in [-0.2, 0) is 27.1 Å². The van der Waals surface area contributed by atoms with Gasteiger partial charge in [0.15, 0.2) is 0 Å². The first-order valence-corrected chi connectivity index (χ1v) is 27.7. The van der Waals surface area contributed by atoms with E-state index in [0.29, 0.717) is 74.6 Å². The predicted octanol–water partition coefficient (Wildman–Crippen LogP) is 7.19. The zero-order valence-electron chi connectivity index (χ0n) is 40.4. The van der Waals surface area contributed by atoms with Gasteiger partial charge in [-0.05, 0) is 105 Å². The normalized spacial score (nSPS) is 18.8. The number of hydrogen-bond donors (Lipinski definition) is 3. The molecule has 0 spiro atoms. The summed E-state index contributed by atoms with van der Waals surface area (Å²) in [5.74, 6) is -1.67. The summed E-state index contributed by atoms with van der Waals surface area (Å²) in [6.07, 6.45) is 6.35. The van der Waals surface area contributed by atoms with Gasteiger partial charge in [0, 0.05) is 124 Å².